The average Bonchev–Trinajstić information content (AvgIpc) is 3.24. The molecule has 3 heterocycles. The van der Waals surface area contributed by atoms with Crippen molar-refractivity contribution in [1.82, 2.24) is 14.5 Å². The summed E-state index contributed by atoms with van der Waals surface area (Å²) in [4.78, 5) is 8.83. The summed E-state index contributed by atoms with van der Waals surface area (Å²) in [5.41, 5.74) is 1.82. The largest absolute Gasteiger partial charge is 0.467 e. The molecule has 1 N–H and O–H groups in total. The first kappa shape index (κ1) is 20.6. The zero-order valence-corrected chi connectivity index (χ0v) is 18.4. The van der Waals surface area contributed by atoms with Crippen molar-refractivity contribution in [2.45, 2.75) is 45.4 Å². The van der Waals surface area contributed by atoms with E-state index in [-0.39, 0.29) is 5.28 Å². The van der Waals surface area contributed by atoms with Gasteiger partial charge >= 0.3 is 0 Å². The molecule has 0 amide bonds. The fraction of sp³-hybridized carbons (Fsp3) is 0.400. The third-order valence-electron chi connectivity index (χ3n) is 4.39. The van der Waals surface area contributed by atoms with Gasteiger partial charge in [-0.3, -0.25) is 0 Å². The van der Waals surface area contributed by atoms with Gasteiger partial charge in [-0.2, -0.15) is 4.98 Å². The molecule has 0 saturated heterocycles. The van der Waals surface area contributed by atoms with Gasteiger partial charge in [-0.25, -0.2) is 4.98 Å². The maximum Gasteiger partial charge on any atom is 0.226 e. The highest BCUT2D eigenvalue weighted by Gasteiger charge is 2.17. The van der Waals surface area contributed by atoms with Crippen LogP contribution in [0.25, 0.3) is 11.0 Å². The zero-order valence-electron chi connectivity index (χ0n) is 16.7. The van der Waals surface area contributed by atoms with Crippen LogP contribution in [0.1, 0.15) is 11.5 Å². The third kappa shape index (κ3) is 5.24. The fourth-order valence-electron chi connectivity index (χ4n) is 2.86. The Labute approximate surface area is 171 Å². The molecule has 0 aliphatic rings. The molecule has 0 atom stereocenters. The molecule has 0 fully saturated rings. The molecule has 3 rings (SSSR count). The van der Waals surface area contributed by atoms with Crippen LogP contribution in [0.5, 0.6) is 0 Å². The Kier molecular flexibility index (Phi) is 6.59. The normalized spacial score (nSPS) is 11.9. The molecule has 0 aliphatic carbocycles. The SMILES string of the molecule is C=CCc1cc2c(NCc3ccco3)nc(Cl)nc2n1COCC[Si](C)(C)C. The molecular weight excluding hydrogens is 392 g/mol. The van der Waals surface area contributed by atoms with Crippen LogP contribution in [0.2, 0.25) is 31.0 Å². The Bertz CT molecular complexity index is 932. The number of ether oxygens (including phenoxy) is 1. The summed E-state index contributed by atoms with van der Waals surface area (Å²) in [6.45, 7) is 12.6. The van der Waals surface area contributed by atoms with Crippen molar-refractivity contribution in [2.75, 3.05) is 11.9 Å². The van der Waals surface area contributed by atoms with E-state index in [0.717, 1.165) is 35.1 Å². The van der Waals surface area contributed by atoms with Gasteiger partial charge in [0, 0.05) is 26.8 Å². The van der Waals surface area contributed by atoms with Gasteiger partial charge in [0.25, 0.3) is 0 Å². The van der Waals surface area contributed by atoms with E-state index in [0.29, 0.717) is 25.5 Å². The number of nitrogens with one attached hydrogen (secondary N) is 1. The standard InChI is InChI=1S/C20H27ClN4O2Si/c1-5-7-15-12-17-18(22-13-16-8-6-9-27-16)23-20(21)24-19(17)25(15)14-26-10-11-28(2,3)4/h5-6,8-9,12H,1,7,10-11,13-14H2,2-4H3,(H,22,23,24). The smallest absolute Gasteiger partial charge is 0.226 e. The van der Waals surface area contributed by atoms with E-state index < -0.39 is 8.07 Å². The van der Waals surface area contributed by atoms with Crippen molar-refractivity contribution in [2.24, 2.45) is 0 Å². The predicted octanol–water partition coefficient (Wildman–Crippen LogP) is 5.33. The molecule has 0 bridgehead atoms. The van der Waals surface area contributed by atoms with Crippen LogP contribution in [0.15, 0.2) is 41.5 Å². The molecule has 6 nitrogen and oxygen atoms in total. The van der Waals surface area contributed by atoms with Crippen molar-refractivity contribution in [3.63, 3.8) is 0 Å². The molecule has 150 valence electrons. The summed E-state index contributed by atoms with van der Waals surface area (Å²) in [6, 6.07) is 6.96. The van der Waals surface area contributed by atoms with Crippen LogP contribution in [0.3, 0.4) is 0 Å². The fourth-order valence-corrected chi connectivity index (χ4v) is 3.79. The van der Waals surface area contributed by atoms with Gasteiger partial charge in [0.05, 0.1) is 18.2 Å². The highest BCUT2D eigenvalue weighted by Crippen LogP contribution is 2.27. The van der Waals surface area contributed by atoms with Crippen LogP contribution in [0.4, 0.5) is 5.82 Å². The number of hydrogen-bond donors (Lipinski definition) is 1. The molecule has 0 unspecified atom stereocenters. The first-order valence-electron chi connectivity index (χ1n) is 9.38. The summed E-state index contributed by atoms with van der Waals surface area (Å²) in [7, 11) is -1.13. The van der Waals surface area contributed by atoms with E-state index in [1.54, 1.807) is 6.26 Å². The lowest BCUT2D eigenvalue weighted by Gasteiger charge is -2.16. The lowest BCUT2D eigenvalue weighted by Crippen LogP contribution is -2.22. The summed E-state index contributed by atoms with van der Waals surface area (Å²) in [6.07, 6.45) is 4.23. The second-order valence-corrected chi connectivity index (χ2v) is 13.9. The van der Waals surface area contributed by atoms with Crippen LogP contribution < -0.4 is 5.32 Å². The van der Waals surface area contributed by atoms with E-state index in [1.807, 2.05) is 22.8 Å². The number of furan rings is 1. The number of allylic oxidation sites excluding steroid dienone is 1. The Balaban J connectivity index is 1.86. The number of fused-ring (bicyclic) bond motifs is 1. The molecule has 28 heavy (non-hydrogen) atoms. The molecule has 0 aromatic carbocycles. The Morgan fingerprint density at radius 1 is 1.36 bits per heavy atom. The Hall–Kier alpha value is -2.09. The van der Waals surface area contributed by atoms with Crippen LogP contribution in [-0.4, -0.2) is 29.2 Å². The second-order valence-electron chi connectivity index (χ2n) is 7.92. The number of aromatic nitrogens is 3. The van der Waals surface area contributed by atoms with Crippen LogP contribution >= 0.6 is 11.6 Å². The monoisotopic (exact) mass is 418 g/mol. The van der Waals surface area contributed by atoms with E-state index in [9.17, 15) is 0 Å². The Morgan fingerprint density at radius 2 is 2.18 bits per heavy atom. The van der Waals surface area contributed by atoms with E-state index in [1.165, 1.54) is 0 Å². The lowest BCUT2D eigenvalue weighted by atomic mass is 10.3. The van der Waals surface area contributed by atoms with Gasteiger partial charge in [-0.1, -0.05) is 25.7 Å². The van der Waals surface area contributed by atoms with Crippen molar-refractivity contribution >= 4 is 36.5 Å². The average molecular weight is 419 g/mol. The summed E-state index contributed by atoms with van der Waals surface area (Å²) in [5.74, 6) is 1.50. The van der Waals surface area contributed by atoms with Gasteiger partial charge in [0.1, 0.15) is 24.0 Å². The quantitative estimate of drug-likeness (QED) is 0.208. The molecular formula is C20H27ClN4O2Si. The van der Waals surface area contributed by atoms with Crippen molar-refractivity contribution in [3.8, 4) is 0 Å². The molecule has 0 aliphatic heterocycles. The minimum absolute atomic E-state index is 0.195. The number of hydrogen-bond acceptors (Lipinski definition) is 5. The number of anilines is 1. The first-order valence-corrected chi connectivity index (χ1v) is 13.5. The van der Waals surface area contributed by atoms with Gasteiger partial charge in [0.15, 0.2) is 0 Å². The minimum Gasteiger partial charge on any atom is -0.467 e. The van der Waals surface area contributed by atoms with Gasteiger partial charge < -0.3 is 19.0 Å². The number of nitrogens with zero attached hydrogens (tertiary/aromatic N) is 3. The third-order valence-corrected chi connectivity index (χ3v) is 6.27. The predicted molar refractivity (Wildman–Crippen MR) is 117 cm³/mol. The maximum atomic E-state index is 6.21. The second kappa shape index (κ2) is 8.94. The van der Waals surface area contributed by atoms with Crippen molar-refractivity contribution in [3.05, 3.63) is 53.9 Å². The molecule has 3 aromatic rings. The topological polar surface area (TPSA) is 65.1 Å². The molecule has 3 aromatic heterocycles. The summed E-state index contributed by atoms with van der Waals surface area (Å²) < 4.78 is 13.4. The molecule has 0 spiro atoms. The Morgan fingerprint density at radius 3 is 2.86 bits per heavy atom. The first-order chi connectivity index (χ1) is 13.4. The maximum absolute atomic E-state index is 6.21. The summed E-state index contributed by atoms with van der Waals surface area (Å²) in [5, 5.41) is 4.40. The number of halogens is 1. The van der Waals surface area contributed by atoms with E-state index in [4.69, 9.17) is 20.8 Å². The van der Waals surface area contributed by atoms with Crippen molar-refractivity contribution < 1.29 is 9.15 Å². The highest BCUT2D eigenvalue weighted by atomic mass is 35.5. The van der Waals surface area contributed by atoms with E-state index >= 15 is 0 Å². The van der Waals surface area contributed by atoms with E-state index in [2.05, 4.69) is 47.6 Å². The molecule has 0 saturated carbocycles. The van der Waals surface area contributed by atoms with Gasteiger partial charge in [-0.15, -0.1) is 6.58 Å². The number of rotatable bonds is 10. The highest BCUT2D eigenvalue weighted by molar-refractivity contribution is 6.76. The zero-order chi connectivity index (χ0) is 20.1. The van der Waals surface area contributed by atoms with Crippen LogP contribution in [0, 0.1) is 0 Å². The van der Waals surface area contributed by atoms with Gasteiger partial charge in [0.2, 0.25) is 5.28 Å². The van der Waals surface area contributed by atoms with Gasteiger partial charge in [-0.05, 0) is 35.8 Å². The van der Waals surface area contributed by atoms with Crippen molar-refractivity contribution in [1.29, 1.82) is 0 Å². The minimum atomic E-state index is -1.13. The summed E-state index contributed by atoms with van der Waals surface area (Å²) >= 11 is 6.21. The van der Waals surface area contributed by atoms with Crippen LogP contribution in [-0.2, 0) is 24.4 Å². The lowest BCUT2D eigenvalue weighted by molar-refractivity contribution is 0.0883. The molecule has 8 heteroatoms. The molecule has 0 radical (unpaired) electrons.